The van der Waals surface area contributed by atoms with Gasteiger partial charge in [0.1, 0.15) is 6.04 Å². The van der Waals surface area contributed by atoms with Crippen molar-refractivity contribution >= 4 is 23.5 Å². The Morgan fingerprint density at radius 2 is 1.88 bits per heavy atom. The summed E-state index contributed by atoms with van der Waals surface area (Å²) >= 11 is 6.12. The monoisotopic (exact) mass is 376 g/mol. The number of hydrogen-bond acceptors (Lipinski definition) is 3. The molecule has 1 atom stereocenters. The van der Waals surface area contributed by atoms with Crippen molar-refractivity contribution in [1.82, 2.24) is 9.88 Å². The maximum Gasteiger partial charge on any atom is 0.326 e. The summed E-state index contributed by atoms with van der Waals surface area (Å²) in [6, 6.07) is 8.81. The number of nitrogens with one attached hydrogen (secondary N) is 1. The molecule has 1 aromatic carbocycles. The van der Waals surface area contributed by atoms with Gasteiger partial charge in [-0.15, -0.1) is 0 Å². The molecule has 0 bridgehead atoms. The van der Waals surface area contributed by atoms with Crippen LogP contribution in [0.25, 0.3) is 0 Å². The number of aliphatic carboxylic acids is 1. The lowest BCUT2D eigenvalue weighted by Gasteiger charge is -2.17. The molecule has 0 saturated heterocycles. The molecule has 138 valence electrons. The van der Waals surface area contributed by atoms with Crippen molar-refractivity contribution < 1.29 is 14.7 Å². The van der Waals surface area contributed by atoms with Gasteiger partial charge in [0, 0.05) is 17.3 Å². The number of aromatic nitrogens is 1. The van der Waals surface area contributed by atoms with Crippen molar-refractivity contribution in [3.8, 4) is 0 Å². The molecule has 1 amide bonds. The van der Waals surface area contributed by atoms with Gasteiger partial charge in [0.25, 0.3) is 11.5 Å². The molecular formula is C19H21ClN2O4. The first-order valence-corrected chi connectivity index (χ1v) is 8.63. The predicted octanol–water partition coefficient (Wildman–Crippen LogP) is 2.78. The van der Waals surface area contributed by atoms with E-state index >= 15 is 0 Å². The van der Waals surface area contributed by atoms with Crippen LogP contribution in [0.4, 0.5) is 0 Å². The molecule has 0 radical (unpaired) electrons. The Kier molecular flexibility index (Phi) is 6.58. The summed E-state index contributed by atoms with van der Waals surface area (Å²) in [4.78, 5) is 35.8. The first-order chi connectivity index (χ1) is 12.3. The van der Waals surface area contributed by atoms with Gasteiger partial charge in [0.15, 0.2) is 0 Å². The lowest BCUT2D eigenvalue weighted by Crippen LogP contribution is -2.42. The molecule has 2 aromatic rings. The fourth-order valence-corrected chi connectivity index (χ4v) is 2.73. The number of rotatable bonds is 7. The van der Waals surface area contributed by atoms with Crippen LogP contribution >= 0.6 is 11.6 Å². The van der Waals surface area contributed by atoms with Crippen molar-refractivity contribution in [2.24, 2.45) is 5.92 Å². The number of carbonyl (C=O) groups is 2. The highest BCUT2D eigenvalue weighted by Crippen LogP contribution is 2.15. The van der Waals surface area contributed by atoms with Gasteiger partial charge in [-0.2, -0.15) is 0 Å². The van der Waals surface area contributed by atoms with E-state index in [-0.39, 0.29) is 23.6 Å². The molecule has 0 spiro atoms. The summed E-state index contributed by atoms with van der Waals surface area (Å²) in [5.41, 5.74) is 0.683. The molecule has 0 aliphatic heterocycles. The molecule has 0 aliphatic rings. The van der Waals surface area contributed by atoms with Crippen LogP contribution in [-0.2, 0) is 11.3 Å². The summed E-state index contributed by atoms with van der Waals surface area (Å²) in [7, 11) is 0. The topological polar surface area (TPSA) is 88.4 Å². The van der Waals surface area contributed by atoms with Gasteiger partial charge in [-0.25, -0.2) is 4.79 Å². The minimum Gasteiger partial charge on any atom is -0.480 e. The van der Waals surface area contributed by atoms with Crippen molar-refractivity contribution in [1.29, 1.82) is 0 Å². The van der Waals surface area contributed by atoms with Crippen LogP contribution in [0.2, 0.25) is 5.02 Å². The predicted molar refractivity (Wildman–Crippen MR) is 99.6 cm³/mol. The average Bonchev–Trinajstić information content (AvgIpc) is 2.57. The van der Waals surface area contributed by atoms with Crippen LogP contribution in [0.3, 0.4) is 0 Å². The number of benzene rings is 1. The third-order valence-electron chi connectivity index (χ3n) is 3.85. The van der Waals surface area contributed by atoms with Crippen molar-refractivity contribution in [2.45, 2.75) is 32.9 Å². The number of hydrogen-bond donors (Lipinski definition) is 2. The molecule has 0 saturated carbocycles. The number of amides is 1. The van der Waals surface area contributed by atoms with Crippen molar-refractivity contribution in [3.63, 3.8) is 0 Å². The van der Waals surface area contributed by atoms with E-state index in [0.717, 1.165) is 5.56 Å². The van der Waals surface area contributed by atoms with E-state index in [1.807, 2.05) is 19.9 Å². The van der Waals surface area contributed by atoms with Crippen LogP contribution in [-0.4, -0.2) is 27.6 Å². The Bertz CT molecular complexity index is 861. The van der Waals surface area contributed by atoms with E-state index in [4.69, 9.17) is 11.6 Å². The van der Waals surface area contributed by atoms with Crippen LogP contribution in [0.5, 0.6) is 0 Å². The summed E-state index contributed by atoms with van der Waals surface area (Å²) in [5, 5.41) is 12.3. The highest BCUT2D eigenvalue weighted by Gasteiger charge is 2.22. The third-order valence-corrected chi connectivity index (χ3v) is 4.22. The van der Waals surface area contributed by atoms with Gasteiger partial charge < -0.3 is 15.0 Å². The van der Waals surface area contributed by atoms with Crippen molar-refractivity contribution in [2.75, 3.05) is 0 Å². The van der Waals surface area contributed by atoms with Crippen molar-refractivity contribution in [3.05, 3.63) is 69.1 Å². The lowest BCUT2D eigenvalue weighted by atomic mass is 10.0. The third kappa shape index (κ3) is 5.20. The van der Waals surface area contributed by atoms with Crippen LogP contribution in [0.1, 0.15) is 36.2 Å². The second-order valence-electron chi connectivity index (χ2n) is 6.47. The van der Waals surface area contributed by atoms with Gasteiger partial charge in [-0.3, -0.25) is 9.59 Å². The zero-order chi connectivity index (χ0) is 19.3. The summed E-state index contributed by atoms with van der Waals surface area (Å²) in [5.74, 6) is -1.51. The smallest absolute Gasteiger partial charge is 0.326 e. The molecule has 0 unspecified atom stereocenters. The second kappa shape index (κ2) is 8.67. The fourth-order valence-electron chi connectivity index (χ4n) is 2.53. The molecule has 2 rings (SSSR count). The van der Waals surface area contributed by atoms with E-state index in [0.29, 0.717) is 11.4 Å². The van der Waals surface area contributed by atoms with Crippen LogP contribution < -0.4 is 10.9 Å². The van der Waals surface area contributed by atoms with E-state index in [1.54, 1.807) is 18.2 Å². The number of pyridine rings is 1. The van der Waals surface area contributed by atoms with E-state index < -0.39 is 17.9 Å². The molecule has 1 aromatic heterocycles. The summed E-state index contributed by atoms with van der Waals surface area (Å²) < 4.78 is 1.37. The molecule has 0 fully saturated rings. The normalized spacial score (nSPS) is 12.0. The van der Waals surface area contributed by atoms with Gasteiger partial charge in [0.2, 0.25) is 0 Å². The van der Waals surface area contributed by atoms with Gasteiger partial charge in [0.05, 0.1) is 12.1 Å². The highest BCUT2D eigenvalue weighted by molar-refractivity contribution is 6.31. The highest BCUT2D eigenvalue weighted by atomic mass is 35.5. The average molecular weight is 377 g/mol. The Labute approximate surface area is 156 Å². The second-order valence-corrected chi connectivity index (χ2v) is 6.88. The molecule has 1 heterocycles. The maximum atomic E-state index is 12.4. The zero-order valence-electron chi connectivity index (χ0n) is 14.6. The maximum absolute atomic E-state index is 12.4. The number of nitrogens with zero attached hydrogens (tertiary/aromatic N) is 1. The van der Waals surface area contributed by atoms with Gasteiger partial charge in [-0.1, -0.05) is 43.6 Å². The molecule has 26 heavy (non-hydrogen) atoms. The molecule has 6 nitrogen and oxygen atoms in total. The lowest BCUT2D eigenvalue weighted by molar-refractivity contribution is -0.139. The first-order valence-electron chi connectivity index (χ1n) is 8.25. The number of carboxylic acids is 1. The van der Waals surface area contributed by atoms with Crippen LogP contribution in [0, 0.1) is 5.92 Å². The Balaban J connectivity index is 2.22. The summed E-state index contributed by atoms with van der Waals surface area (Å²) in [6.45, 7) is 3.98. The molecule has 7 heteroatoms. The minimum absolute atomic E-state index is 0.116. The quantitative estimate of drug-likeness (QED) is 0.777. The van der Waals surface area contributed by atoms with Crippen LogP contribution in [0.15, 0.2) is 47.4 Å². The Morgan fingerprint density at radius 1 is 1.19 bits per heavy atom. The molecule has 0 aliphatic carbocycles. The van der Waals surface area contributed by atoms with Gasteiger partial charge in [-0.05, 0) is 30.0 Å². The number of halogens is 1. The SMILES string of the molecule is CC(C)C[C@@H](NC(=O)c1ccc(=O)n(Cc2ccccc2Cl)c1)C(=O)O. The number of carboxylic acid groups (broad SMARTS) is 1. The first kappa shape index (κ1) is 19.7. The Morgan fingerprint density at radius 3 is 2.50 bits per heavy atom. The van der Waals surface area contributed by atoms with Gasteiger partial charge >= 0.3 is 5.97 Å². The largest absolute Gasteiger partial charge is 0.480 e. The minimum atomic E-state index is -1.09. The Hall–Kier alpha value is -2.60. The van der Waals surface area contributed by atoms with E-state index in [9.17, 15) is 19.5 Å². The molecular weight excluding hydrogens is 356 g/mol. The van der Waals surface area contributed by atoms with E-state index in [2.05, 4.69) is 5.32 Å². The zero-order valence-corrected chi connectivity index (χ0v) is 15.4. The standard InChI is InChI=1S/C19H21ClN2O4/c1-12(2)9-16(19(25)26)21-18(24)14-7-8-17(23)22(11-14)10-13-5-3-4-6-15(13)20/h3-8,11-12,16H,9-10H2,1-2H3,(H,21,24)(H,25,26)/t16-/m1/s1. The molecule has 2 N–H and O–H groups in total. The number of carbonyl (C=O) groups excluding carboxylic acids is 1. The van der Waals surface area contributed by atoms with E-state index in [1.165, 1.54) is 22.9 Å². The summed E-state index contributed by atoms with van der Waals surface area (Å²) in [6.07, 6.45) is 1.73. The fraction of sp³-hybridized carbons (Fsp3) is 0.316.